The van der Waals surface area contributed by atoms with Gasteiger partial charge in [0.1, 0.15) is 6.17 Å². The lowest BCUT2D eigenvalue weighted by Crippen LogP contribution is -2.53. The number of nitrogens with one attached hydrogen (secondary N) is 1. The van der Waals surface area contributed by atoms with Crippen LogP contribution in [0.4, 0.5) is 4.39 Å². The average Bonchev–Trinajstić information content (AvgIpc) is 2.20. The molecule has 14 heavy (non-hydrogen) atoms. The molecule has 1 N–H and O–H groups in total. The van der Waals surface area contributed by atoms with Crippen molar-refractivity contribution in [3.05, 3.63) is 0 Å². The maximum atomic E-state index is 13.6. The van der Waals surface area contributed by atoms with Crippen LogP contribution in [0.5, 0.6) is 0 Å². The average molecular weight is 200 g/mol. The second-order valence-corrected chi connectivity index (χ2v) is 4.79. The minimum Gasteiger partial charge on any atom is -0.314 e. The predicted octanol–water partition coefficient (Wildman–Crippen LogP) is 1.42. The Morgan fingerprint density at radius 1 is 1.21 bits per heavy atom. The maximum absolute atomic E-state index is 13.6. The molecule has 2 nitrogen and oxygen atoms in total. The Bertz CT molecular complexity index is 178. The smallest absolute Gasteiger partial charge is 0.128 e. The second-order valence-electron chi connectivity index (χ2n) is 4.79. The van der Waals surface area contributed by atoms with Crippen molar-refractivity contribution in [1.29, 1.82) is 0 Å². The van der Waals surface area contributed by atoms with E-state index in [0.29, 0.717) is 6.54 Å². The number of hydrogen-bond donors (Lipinski definition) is 1. The van der Waals surface area contributed by atoms with Crippen LogP contribution in [0, 0.1) is 5.92 Å². The Balaban J connectivity index is 1.87. The number of rotatable bonds is 1. The zero-order chi connectivity index (χ0) is 9.97. The van der Waals surface area contributed by atoms with Gasteiger partial charge in [0, 0.05) is 12.6 Å². The van der Waals surface area contributed by atoms with Crippen molar-refractivity contribution in [2.24, 2.45) is 5.92 Å². The van der Waals surface area contributed by atoms with Crippen LogP contribution in [0.15, 0.2) is 0 Å². The van der Waals surface area contributed by atoms with E-state index in [0.717, 1.165) is 32.0 Å². The van der Waals surface area contributed by atoms with Gasteiger partial charge in [0.25, 0.3) is 0 Å². The number of likely N-dealkylation sites (tertiary alicyclic amines) is 1. The summed E-state index contributed by atoms with van der Waals surface area (Å²) in [4.78, 5) is 2.37. The summed E-state index contributed by atoms with van der Waals surface area (Å²) in [5.74, 6) is 0.839. The summed E-state index contributed by atoms with van der Waals surface area (Å²) in [6.07, 6.45) is 2.82. The van der Waals surface area contributed by atoms with Gasteiger partial charge in [-0.3, -0.25) is 4.90 Å². The van der Waals surface area contributed by atoms with Gasteiger partial charge in [-0.05, 0) is 44.8 Å². The number of nitrogens with zero attached hydrogens (tertiary/aromatic N) is 1. The molecule has 0 radical (unpaired) electrons. The first kappa shape index (κ1) is 10.4. The van der Waals surface area contributed by atoms with Crippen LogP contribution >= 0.6 is 0 Å². The van der Waals surface area contributed by atoms with E-state index in [1.165, 1.54) is 12.8 Å². The molecule has 2 rings (SSSR count). The van der Waals surface area contributed by atoms with Gasteiger partial charge in [0.2, 0.25) is 0 Å². The van der Waals surface area contributed by atoms with Gasteiger partial charge in [-0.2, -0.15) is 0 Å². The molecule has 2 unspecified atom stereocenters. The third-order valence-electron chi connectivity index (χ3n) is 3.66. The van der Waals surface area contributed by atoms with E-state index in [2.05, 4.69) is 17.1 Å². The summed E-state index contributed by atoms with van der Waals surface area (Å²) >= 11 is 0. The normalized spacial score (nSPS) is 37.3. The van der Waals surface area contributed by atoms with Crippen molar-refractivity contribution >= 4 is 0 Å². The van der Waals surface area contributed by atoms with Gasteiger partial charge in [-0.25, -0.2) is 4.39 Å². The SMILES string of the molecule is CC1CCN(C2CCNCC2F)CC1. The quantitative estimate of drug-likeness (QED) is 0.688. The van der Waals surface area contributed by atoms with Crippen LogP contribution in [-0.2, 0) is 0 Å². The zero-order valence-electron chi connectivity index (χ0n) is 9.01. The fourth-order valence-corrected chi connectivity index (χ4v) is 2.58. The van der Waals surface area contributed by atoms with Crippen molar-refractivity contribution in [3.63, 3.8) is 0 Å². The first-order chi connectivity index (χ1) is 6.77. The van der Waals surface area contributed by atoms with Gasteiger partial charge < -0.3 is 5.32 Å². The number of halogens is 1. The summed E-state index contributed by atoms with van der Waals surface area (Å²) in [7, 11) is 0. The topological polar surface area (TPSA) is 15.3 Å². The molecule has 0 amide bonds. The molecule has 0 bridgehead atoms. The van der Waals surface area contributed by atoms with Crippen molar-refractivity contribution in [1.82, 2.24) is 10.2 Å². The van der Waals surface area contributed by atoms with Crippen LogP contribution in [-0.4, -0.2) is 43.3 Å². The first-order valence-electron chi connectivity index (χ1n) is 5.86. The van der Waals surface area contributed by atoms with Crippen LogP contribution in [0.2, 0.25) is 0 Å². The highest BCUT2D eigenvalue weighted by molar-refractivity contribution is 4.87. The van der Waals surface area contributed by atoms with E-state index >= 15 is 0 Å². The Hall–Kier alpha value is -0.150. The third kappa shape index (κ3) is 2.26. The molecular weight excluding hydrogens is 179 g/mol. The summed E-state index contributed by atoms with van der Waals surface area (Å²) in [6.45, 7) is 6.04. The van der Waals surface area contributed by atoms with E-state index in [9.17, 15) is 4.39 Å². The molecule has 82 valence electrons. The highest BCUT2D eigenvalue weighted by Crippen LogP contribution is 2.22. The molecule has 0 aromatic rings. The minimum atomic E-state index is -0.655. The van der Waals surface area contributed by atoms with Crippen molar-refractivity contribution < 1.29 is 4.39 Å². The Morgan fingerprint density at radius 3 is 2.57 bits per heavy atom. The first-order valence-corrected chi connectivity index (χ1v) is 5.86. The predicted molar refractivity (Wildman–Crippen MR) is 56.1 cm³/mol. The van der Waals surface area contributed by atoms with Crippen LogP contribution in [0.3, 0.4) is 0 Å². The maximum Gasteiger partial charge on any atom is 0.128 e. The molecule has 0 aromatic heterocycles. The van der Waals surface area contributed by atoms with E-state index < -0.39 is 6.17 Å². The summed E-state index contributed by atoms with van der Waals surface area (Å²) < 4.78 is 13.6. The van der Waals surface area contributed by atoms with Gasteiger partial charge in [0.15, 0.2) is 0 Å². The third-order valence-corrected chi connectivity index (χ3v) is 3.66. The van der Waals surface area contributed by atoms with Gasteiger partial charge in [-0.15, -0.1) is 0 Å². The van der Waals surface area contributed by atoms with E-state index in [1.807, 2.05) is 0 Å². The monoisotopic (exact) mass is 200 g/mol. The van der Waals surface area contributed by atoms with E-state index in [4.69, 9.17) is 0 Å². The molecular formula is C11H21FN2. The zero-order valence-corrected chi connectivity index (χ0v) is 9.01. The number of hydrogen-bond acceptors (Lipinski definition) is 2. The Morgan fingerprint density at radius 2 is 1.93 bits per heavy atom. The van der Waals surface area contributed by atoms with E-state index in [1.54, 1.807) is 0 Å². The molecule has 2 saturated heterocycles. The van der Waals surface area contributed by atoms with Crippen molar-refractivity contribution in [2.75, 3.05) is 26.2 Å². The van der Waals surface area contributed by atoms with Gasteiger partial charge >= 0.3 is 0 Å². The van der Waals surface area contributed by atoms with Crippen LogP contribution < -0.4 is 5.32 Å². The molecule has 0 spiro atoms. The number of piperidine rings is 2. The summed E-state index contributed by atoms with van der Waals surface area (Å²) in [5.41, 5.74) is 0. The van der Waals surface area contributed by atoms with Crippen LogP contribution in [0.25, 0.3) is 0 Å². The Kier molecular flexibility index (Phi) is 3.39. The van der Waals surface area contributed by atoms with Crippen molar-refractivity contribution in [2.45, 2.75) is 38.4 Å². The van der Waals surface area contributed by atoms with E-state index in [-0.39, 0.29) is 6.04 Å². The molecule has 2 fully saturated rings. The molecule has 2 atom stereocenters. The highest BCUT2D eigenvalue weighted by atomic mass is 19.1. The standard InChI is InChI=1S/C11H21FN2/c1-9-3-6-14(7-4-9)11-2-5-13-8-10(11)12/h9-11,13H,2-8H2,1H3. The second kappa shape index (κ2) is 4.58. The molecule has 0 aromatic carbocycles. The molecule has 0 saturated carbocycles. The molecule has 2 aliphatic rings. The molecule has 2 aliphatic heterocycles. The fourth-order valence-electron chi connectivity index (χ4n) is 2.58. The van der Waals surface area contributed by atoms with Gasteiger partial charge in [-0.1, -0.05) is 6.92 Å². The largest absolute Gasteiger partial charge is 0.314 e. The van der Waals surface area contributed by atoms with Gasteiger partial charge in [0.05, 0.1) is 0 Å². The summed E-state index contributed by atoms with van der Waals surface area (Å²) in [5, 5.41) is 3.11. The summed E-state index contributed by atoms with van der Waals surface area (Å²) in [6, 6.07) is 0.198. The lowest BCUT2D eigenvalue weighted by molar-refractivity contribution is 0.0583. The molecule has 2 heterocycles. The molecule has 0 aliphatic carbocycles. The molecule has 3 heteroatoms. The highest BCUT2D eigenvalue weighted by Gasteiger charge is 2.31. The number of alkyl halides is 1. The Labute approximate surface area is 85.9 Å². The fraction of sp³-hybridized carbons (Fsp3) is 1.00. The lowest BCUT2D eigenvalue weighted by Gasteiger charge is -2.40. The van der Waals surface area contributed by atoms with Crippen molar-refractivity contribution in [3.8, 4) is 0 Å². The van der Waals surface area contributed by atoms with Crippen LogP contribution in [0.1, 0.15) is 26.2 Å². The minimum absolute atomic E-state index is 0.198. The lowest BCUT2D eigenvalue weighted by atomic mass is 9.95.